The zero-order valence-electron chi connectivity index (χ0n) is 11.7. The highest BCUT2D eigenvalue weighted by molar-refractivity contribution is 6.30. The molecule has 0 bridgehead atoms. The van der Waals surface area contributed by atoms with Crippen LogP contribution in [0.4, 0.5) is 5.88 Å². The summed E-state index contributed by atoms with van der Waals surface area (Å²) in [4.78, 5) is 10.0. The van der Waals surface area contributed by atoms with E-state index in [0.29, 0.717) is 10.6 Å². The van der Waals surface area contributed by atoms with Crippen molar-refractivity contribution < 1.29 is 9.34 Å². The van der Waals surface area contributed by atoms with Crippen molar-refractivity contribution in [2.45, 2.75) is 0 Å². The van der Waals surface area contributed by atoms with E-state index in [0.717, 1.165) is 5.56 Å². The lowest BCUT2D eigenvalue weighted by Gasteiger charge is -2.01. The molecule has 1 aromatic heterocycles. The second-order valence-corrected chi connectivity index (χ2v) is 4.75. The van der Waals surface area contributed by atoms with Crippen LogP contribution in [-0.4, -0.2) is 17.1 Å². The highest BCUT2D eigenvalue weighted by Crippen LogP contribution is 2.22. The summed E-state index contributed by atoms with van der Waals surface area (Å²) < 4.78 is 5.10. The summed E-state index contributed by atoms with van der Waals surface area (Å²) >= 11 is 5.86. The van der Waals surface area contributed by atoms with E-state index in [1.165, 1.54) is 18.3 Å². The van der Waals surface area contributed by atoms with Crippen LogP contribution in [0.25, 0.3) is 11.6 Å². The number of allylic oxidation sites excluding steroid dienone is 1. The number of benzene rings is 1. The first-order valence-corrected chi connectivity index (χ1v) is 6.67. The Hall–Kier alpha value is -3.13. The highest BCUT2D eigenvalue weighted by Gasteiger charge is 2.11. The summed E-state index contributed by atoms with van der Waals surface area (Å²) in [5.41, 5.74) is 11.8. The lowest BCUT2D eigenvalue weighted by molar-refractivity contribution is -0.402. The summed E-state index contributed by atoms with van der Waals surface area (Å²) in [7, 11) is 0. The minimum Gasteiger partial charge on any atom is -0.401 e. The molecule has 0 saturated carbocycles. The van der Waals surface area contributed by atoms with E-state index < -0.39 is 4.92 Å². The normalized spacial score (nSPS) is 11.6. The van der Waals surface area contributed by atoms with Gasteiger partial charge in [-0.05, 0) is 29.8 Å². The highest BCUT2D eigenvalue weighted by atomic mass is 35.5. The summed E-state index contributed by atoms with van der Waals surface area (Å²) in [6.07, 6.45) is 2.97. The van der Waals surface area contributed by atoms with Gasteiger partial charge in [-0.3, -0.25) is 10.1 Å². The molecule has 0 fully saturated rings. The number of rotatable bonds is 5. The van der Waals surface area contributed by atoms with Crippen molar-refractivity contribution in [2.75, 3.05) is 0 Å². The van der Waals surface area contributed by atoms with Crippen LogP contribution in [0.15, 0.2) is 51.0 Å². The van der Waals surface area contributed by atoms with Crippen molar-refractivity contribution in [3.05, 3.63) is 62.9 Å². The molecule has 8 nitrogen and oxygen atoms in total. The van der Waals surface area contributed by atoms with Crippen molar-refractivity contribution >= 4 is 41.3 Å². The third-order valence-electron chi connectivity index (χ3n) is 2.64. The predicted octanol–water partition coefficient (Wildman–Crippen LogP) is 2.64. The molecule has 1 aromatic carbocycles. The van der Waals surface area contributed by atoms with Gasteiger partial charge in [-0.25, -0.2) is 0 Å². The fourth-order valence-corrected chi connectivity index (χ4v) is 1.79. The summed E-state index contributed by atoms with van der Waals surface area (Å²) in [6, 6.07) is 9.65. The first-order chi connectivity index (χ1) is 11.0. The molecular weight excluding hydrogens is 322 g/mol. The van der Waals surface area contributed by atoms with Gasteiger partial charge in [0.15, 0.2) is 0 Å². The average molecular weight is 334 g/mol. The molecule has 23 heavy (non-hydrogen) atoms. The van der Waals surface area contributed by atoms with E-state index in [9.17, 15) is 10.1 Å². The standard InChI is InChI=1S/C14H12ClN5O3/c15-11-3-1-9(2-4-11)10(8-18-19-14(16)17)7-12-5-6-13(23-12)20(21)22/h1-8H,(H4,16,17,19). The van der Waals surface area contributed by atoms with E-state index in [-0.39, 0.29) is 17.6 Å². The molecule has 4 N–H and O–H groups in total. The fraction of sp³-hybridized carbons (Fsp3) is 0. The average Bonchev–Trinajstić information content (AvgIpc) is 2.95. The summed E-state index contributed by atoms with van der Waals surface area (Å²) in [5.74, 6) is -0.254. The lowest BCUT2D eigenvalue weighted by atomic mass is 10.1. The van der Waals surface area contributed by atoms with E-state index in [1.807, 2.05) is 0 Å². The van der Waals surface area contributed by atoms with Crippen LogP contribution >= 0.6 is 11.6 Å². The number of hydrogen-bond donors (Lipinski definition) is 2. The monoisotopic (exact) mass is 333 g/mol. The van der Waals surface area contributed by atoms with Crippen LogP contribution in [0, 0.1) is 10.1 Å². The topological polar surface area (TPSA) is 133 Å². The first-order valence-electron chi connectivity index (χ1n) is 6.29. The molecule has 2 aromatic rings. The molecule has 0 aliphatic carbocycles. The van der Waals surface area contributed by atoms with E-state index in [4.69, 9.17) is 27.5 Å². The predicted molar refractivity (Wildman–Crippen MR) is 89.0 cm³/mol. The molecule has 0 saturated heterocycles. The Morgan fingerprint density at radius 3 is 2.48 bits per heavy atom. The van der Waals surface area contributed by atoms with Gasteiger partial charge in [0.1, 0.15) is 10.7 Å². The first kappa shape index (κ1) is 16.2. The number of halogens is 1. The molecule has 0 radical (unpaired) electrons. The van der Waals surface area contributed by atoms with Gasteiger partial charge in [0, 0.05) is 10.6 Å². The zero-order chi connectivity index (χ0) is 16.8. The number of nitrogens with zero attached hydrogens (tertiary/aromatic N) is 3. The van der Waals surface area contributed by atoms with Gasteiger partial charge in [0.25, 0.3) is 0 Å². The molecule has 0 aliphatic rings. The maximum atomic E-state index is 10.7. The third-order valence-corrected chi connectivity index (χ3v) is 2.89. The Bertz CT molecular complexity index is 789. The smallest absolute Gasteiger partial charge is 0.401 e. The molecule has 118 valence electrons. The maximum absolute atomic E-state index is 10.7. The van der Waals surface area contributed by atoms with Gasteiger partial charge < -0.3 is 15.9 Å². The number of hydrogen-bond acceptors (Lipinski definition) is 5. The van der Waals surface area contributed by atoms with Gasteiger partial charge in [-0.1, -0.05) is 23.7 Å². The maximum Gasteiger partial charge on any atom is 0.433 e. The van der Waals surface area contributed by atoms with Crippen molar-refractivity contribution in [3.8, 4) is 0 Å². The molecule has 1 heterocycles. The van der Waals surface area contributed by atoms with Crippen LogP contribution in [0.3, 0.4) is 0 Å². The van der Waals surface area contributed by atoms with Gasteiger partial charge in [0.2, 0.25) is 5.96 Å². The van der Waals surface area contributed by atoms with E-state index in [2.05, 4.69) is 10.2 Å². The summed E-state index contributed by atoms with van der Waals surface area (Å²) in [6.45, 7) is 0. The van der Waals surface area contributed by atoms with Crippen molar-refractivity contribution in [1.29, 1.82) is 0 Å². The molecule has 0 spiro atoms. The van der Waals surface area contributed by atoms with Crippen molar-refractivity contribution in [2.24, 2.45) is 21.7 Å². The molecule has 0 atom stereocenters. The van der Waals surface area contributed by atoms with Crippen LogP contribution in [0.5, 0.6) is 0 Å². The Kier molecular flexibility index (Phi) is 5.11. The lowest BCUT2D eigenvalue weighted by Crippen LogP contribution is -2.21. The molecule has 0 amide bonds. The van der Waals surface area contributed by atoms with Crippen LogP contribution in [0.2, 0.25) is 5.02 Å². The number of guanidine groups is 1. The van der Waals surface area contributed by atoms with Crippen LogP contribution in [-0.2, 0) is 0 Å². The molecule has 0 aliphatic heterocycles. The largest absolute Gasteiger partial charge is 0.433 e. The summed E-state index contributed by atoms with van der Waals surface area (Å²) in [5, 5.41) is 18.5. The van der Waals surface area contributed by atoms with Gasteiger partial charge in [-0.15, -0.1) is 5.10 Å². The number of nitrogens with two attached hydrogens (primary N) is 2. The molecule has 2 rings (SSSR count). The number of nitro groups is 1. The van der Waals surface area contributed by atoms with Crippen molar-refractivity contribution in [1.82, 2.24) is 0 Å². The number of furan rings is 1. The van der Waals surface area contributed by atoms with Gasteiger partial charge in [0.05, 0.1) is 12.3 Å². The Balaban J connectivity index is 2.40. The Morgan fingerprint density at radius 2 is 1.91 bits per heavy atom. The van der Waals surface area contributed by atoms with Gasteiger partial charge in [-0.2, -0.15) is 5.10 Å². The van der Waals surface area contributed by atoms with Crippen LogP contribution < -0.4 is 11.5 Å². The van der Waals surface area contributed by atoms with Gasteiger partial charge >= 0.3 is 5.88 Å². The Labute approximate surface area is 135 Å². The minimum absolute atomic E-state index is 0.189. The van der Waals surface area contributed by atoms with E-state index in [1.54, 1.807) is 30.3 Å². The minimum atomic E-state index is -0.618. The SMILES string of the molecule is NC(N)=NN=CC(=Cc1ccc([N+](=O)[O-])o1)c1ccc(Cl)cc1. The second kappa shape index (κ2) is 7.23. The Morgan fingerprint density at radius 1 is 1.22 bits per heavy atom. The second-order valence-electron chi connectivity index (χ2n) is 4.31. The molecule has 0 unspecified atom stereocenters. The fourth-order valence-electron chi connectivity index (χ4n) is 1.67. The molecular formula is C14H12ClN5O3. The zero-order valence-corrected chi connectivity index (χ0v) is 12.5. The molecule has 9 heteroatoms. The quantitative estimate of drug-likeness (QED) is 0.375. The van der Waals surface area contributed by atoms with Crippen LogP contribution in [0.1, 0.15) is 11.3 Å². The van der Waals surface area contributed by atoms with Crippen molar-refractivity contribution in [3.63, 3.8) is 0 Å². The van der Waals surface area contributed by atoms with E-state index >= 15 is 0 Å². The third kappa shape index (κ3) is 4.68.